The van der Waals surface area contributed by atoms with Crippen molar-refractivity contribution in [1.29, 1.82) is 0 Å². The van der Waals surface area contributed by atoms with Gasteiger partial charge in [-0.2, -0.15) is 5.01 Å². The largest absolute Gasteiger partial charge is 0.342 e. The first-order valence-corrected chi connectivity index (χ1v) is 4.72. The van der Waals surface area contributed by atoms with Crippen LogP contribution >= 0.6 is 23.2 Å². The lowest BCUT2D eigenvalue weighted by Gasteiger charge is -2.20. The van der Waals surface area contributed by atoms with E-state index in [0.717, 1.165) is 5.01 Å². The molecule has 0 unspecified atom stereocenters. The van der Waals surface area contributed by atoms with Crippen LogP contribution in [0.15, 0.2) is 5.29 Å². The summed E-state index contributed by atoms with van der Waals surface area (Å²) in [5.74, 6) is 0.488. The second-order valence-electron chi connectivity index (χ2n) is 2.29. The zero-order chi connectivity index (χ0) is 10.3. The van der Waals surface area contributed by atoms with Crippen LogP contribution in [0, 0.1) is 4.91 Å². The van der Waals surface area contributed by atoms with Gasteiger partial charge in [0.25, 0.3) is 0 Å². The molecule has 0 N–H and O–H groups in total. The Hall–Kier alpha value is -0.550. The van der Waals surface area contributed by atoms with Crippen LogP contribution in [0.5, 0.6) is 0 Å². The van der Waals surface area contributed by atoms with Gasteiger partial charge in [-0.3, -0.25) is 0 Å². The van der Waals surface area contributed by atoms with Gasteiger partial charge in [0.15, 0.2) is 0 Å². The fourth-order valence-corrected chi connectivity index (χ4v) is 1.08. The van der Waals surface area contributed by atoms with Gasteiger partial charge in [-0.25, -0.2) is 4.79 Å². The first-order valence-electron chi connectivity index (χ1n) is 3.65. The Morgan fingerprint density at radius 2 is 1.85 bits per heavy atom. The molecular weight excluding hydrogens is 217 g/mol. The maximum Gasteiger partial charge on any atom is 0.342 e. The fraction of sp³-hybridized carbons (Fsp3) is 0.833. The smallest absolute Gasteiger partial charge is 0.325 e. The summed E-state index contributed by atoms with van der Waals surface area (Å²) in [4.78, 5) is 22.8. The summed E-state index contributed by atoms with van der Waals surface area (Å²) in [6.45, 7) is 0.477. The minimum atomic E-state index is -0.490. The molecule has 76 valence electrons. The number of amides is 2. The Morgan fingerprint density at radius 1 is 1.31 bits per heavy atom. The highest BCUT2D eigenvalue weighted by Crippen LogP contribution is 1.98. The van der Waals surface area contributed by atoms with Crippen LogP contribution in [-0.4, -0.2) is 47.8 Å². The van der Waals surface area contributed by atoms with Gasteiger partial charge in [0, 0.05) is 25.4 Å². The topological polar surface area (TPSA) is 53.0 Å². The maximum atomic E-state index is 11.3. The monoisotopic (exact) mass is 227 g/mol. The number of halogens is 2. The molecule has 0 aliphatic rings. The quantitative estimate of drug-likeness (QED) is 0.406. The van der Waals surface area contributed by atoms with Crippen LogP contribution in [0.1, 0.15) is 0 Å². The molecular formula is C6H11Cl2N3O2. The second kappa shape index (κ2) is 6.91. The molecule has 13 heavy (non-hydrogen) atoms. The van der Waals surface area contributed by atoms with E-state index >= 15 is 0 Å². The third-order valence-electron chi connectivity index (χ3n) is 1.36. The molecule has 0 saturated carbocycles. The summed E-state index contributed by atoms with van der Waals surface area (Å²) in [7, 11) is 1.54. The Bertz CT molecular complexity index is 179. The predicted molar refractivity (Wildman–Crippen MR) is 52.0 cm³/mol. The average molecular weight is 228 g/mol. The van der Waals surface area contributed by atoms with Crippen molar-refractivity contribution < 1.29 is 4.79 Å². The fourth-order valence-electron chi connectivity index (χ4n) is 0.671. The Kier molecular flexibility index (Phi) is 6.62. The van der Waals surface area contributed by atoms with Gasteiger partial charge in [0.2, 0.25) is 0 Å². The van der Waals surface area contributed by atoms with Gasteiger partial charge < -0.3 is 4.90 Å². The highest BCUT2D eigenvalue weighted by atomic mass is 35.5. The van der Waals surface area contributed by atoms with E-state index in [2.05, 4.69) is 5.29 Å². The lowest BCUT2D eigenvalue weighted by molar-refractivity contribution is 0.169. The summed E-state index contributed by atoms with van der Waals surface area (Å²) in [5, 5.41) is 3.31. The molecule has 0 fully saturated rings. The number of nitrogens with zero attached hydrogens (tertiary/aromatic N) is 3. The number of hydrogen-bond donors (Lipinski definition) is 0. The molecule has 0 aliphatic heterocycles. The molecule has 5 nitrogen and oxygen atoms in total. The normalized spacial score (nSPS) is 9.46. The number of alkyl halides is 2. The standard InChI is InChI=1S/C6H11Cl2N3O2/c1-10(4-2-7)6(12)11(9-13)5-3-8/h2-5H2,1H3. The van der Waals surface area contributed by atoms with E-state index in [0.29, 0.717) is 12.4 Å². The van der Waals surface area contributed by atoms with Crippen molar-refractivity contribution >= 4 is 29.2 Å². The number of hydrogen-bond acceptors (Lipinski definition) is 3. The van der Waals surface area contributed by atoms with Gasteiger partial charge in [-0.15, -0.1) is 28.1 Å². The van der Waals surface area contributed by atoms with E-state index in [-0.39, 0.29) is 12.4 Å². The van der Waals surface area contributed by atoms with Gasteiger partial charge in [-0.05, 0) is 0 Å². The van der Waals surface area contributed by atoms with Crippen LogP contribution < -0.4 is 0 Å². The van der Waals surface area contributed by atoms with Gasteiger partial charge in [0.1, 0.15) is 0 Å². The lowest BCUT2D eigenvalue weighted by Crippen LogP contribution is -2.39. The van der Waals surface area contributed by atoms with Crippen LogP contribution in [0.3, 0.4) is 0 Å². The molecule has 0 heterocycles. The highest BCUT2D eigenvalue weighted by Gasteiger charge is 2.17. The first-order chi connectivity index (χ1) is 6.17. The summed E-state index contributed by atoms with van der Waals surface area (Å²) in [6, 6.07) is -0.490. The average Bonchev–Trinajstić information content (AvgIpc) is 2.13. The van der Waals surface area contributed by atoms with Crippen LogP contribution in [0.25, 0.3) is 0 Å². The Balaban J connectivity index is 4.10. The number of nitroso groups, excluding NO2 is 1. The molecule has 0 aliphatic carbocycles. The molecule has 0 atom stereocenters. The molecule has 7 heteroatoms. The van der Waals surface area contributed by atoms with Crippen LogP contribution in [0.2, 0.25) is 0 Å². The van der Waals surface area contributed by atoms with Gasteiger partial charge in [0.05, 0.1) is 11.8 Å². The van der Waals surface area contributed by atoms with Crippen molar-refractivity contribution in [3.63, 3.8) is 0 Å². The lowest BCUT2D eigenvalue weighted by atomic mass is 10.6. The Labute approximate surface area is 86.5 Å². The molecule has 0 spiro atoms. The third-order valence-corrected chi connectivity index (χ3v) is 1.70. The maximum absolute atomic E-state index is 11.3. The van der Waals surface area contributed by atoms with Crippen molar-refractivity contribution in [3.05, 3.63) is 4.91 Å². The predicted octanol–water partition coefficient (Wildman–Crippen LogP) is 1.50. The number of carbonyl (C=O) groups is 1. The summed E-state index contributed by atoms with van der Waals surface area (Å²) in [6.07, 6.45) is 0. The molecule has 0 bridgehead atoms. The van der Waals surface area contributed by atoms with Crippen molar-refractivity contribution in [2.75, 3.05) is 31.9 Å². The molecule has 0 radical (unpaired) electrons. The first kappa shape index (κ1) is 12.4. The molecule has 0 aromatic rings. The minimum Gasteiger partial charge on any atom is -0.325 e. The minimum absolute atomic E-state index is 0.108. The van der Waals surface area contributed by atoms with Crippen molar-refractivity contribution in [2.24, 2.45) is 5.29 Å². The number of urea groups is 1. The molecule has 0 saturated heterocycles. The van der Waals surface area contributed by atoms with Crippen molar-refractivity contribution in [2.45, 2.75) is 0 Å². The summed E-state index contributed by atoms with van der Waals surface area (Å²) < 4.78 is 0. The number of carbonyl (C=O) groups excluding carboxylic acids is 1. The van der Waals surface area contributed by atoms with E-state index in [1.54, 1.807) is 0 Å². The van der Waals surface area contributed by atoms with Gasteiger partial charge in [-0.1, -0.05) is 0 Å². The zero-order valence-corrected chi connectivity index (χ0v) is 8.75. The van der Waals surface area contributed by atoms with E-state index in [9.17, 15) is 9.70 Å². The van der Waals surface area contributed by atoms with E-state index in [1.165, 1.54) is 11.9 Å². The van der Waals surface area contributed by atoms with E-state index in [1.807, 2.05) is 0 Å². The van der Waals surface area contributed by atoms with Gasteiger partial charge >= 0.3 is 6.03 Å². The van der Waals surface area contributed by atoms with E-state index < -0.39 is 6.03 Å². The van der Waals surface area contributed by atoms with Crippen molar-refractivity contribution in [1.82, 2.24) is 9.91 Å². The molecule has 2 amide bonds. The third kappa shape index (κ3) is 4.28. The van der Waals surface area contributed by atoms with Crippen LogP contribution in [-0.2, 0) is 0 Å². The SMILES string of the molecule is CN(CCCl)C(=O)N(CCCl)N=O. The van der Waals surface area contributed by atoms with Crippen LogP contribution in [0.4, 0.5) is 4.79 Å². The second-order valence-corrected chi connectivity index (χ2v) is 3.04. The summed E-state index contributed by atoms with van der Waals surface area (Å²) in [5.41, 5.74) is 0. The van der Waals surface area contributed by atoms with E-state index in [4.69, 9.17) is 23.2 Å². The molecule has 0 aromatic heterocycles. The summed E-state index contributed by atoms with van der Waals surface area (Å²) >= 11 is 10.8. The highest BCUT2D eigenvalue weighted by molar-refractivity contribution is 6.18. The molecule has 0 aromatic carbocycles. The Morgan fingerprint density at radius 3 is 2.23 bits per heavy atom. The van der Waals surface area contributed by atoms with Crippen molar-refractivity contribution in [3.8, 4) is 0 Å². The molecule has 0 rings (SSSR count). The number of rotatable bonds is 5. The zero-order valence-electron chi connectivity index (χ0n) is 7.24.